The lowest BCUT2D eigenvalue weighted by molar-refractivity contribution is 1.34. The summed E-state index contributed by atoms with van der Waals surface area (Å²) in [5, 5.41) is 5.54. The van der Waals surface area contributed by atoms with Crippen LogP contribution in [-0.4, -0.2) is 14.8 Å². The SMILES string of the molecule is Cc1cc(C)c(B(c2ccc([Si](c3ccccc3)(c3ccccc3)c3ccc(Br)cc3)cc2)c2c(C)cc(C)cc2C)c(C)c1. The molecule has 0 bridgehead atoms. The Kier molecular flexibility index (Phi) is 8.86. The highest BCUT2D eigenvalue weighted by Crippen LogP contribution is 2.15. The zero-order valence-electron chi connectivity index (χ0n) is 27.2. The van der Waals surface area contributed by atoms with E-state index in [1.54, 1.807) is 0 Å². The molecule has 0 N–H and O–H groups in total. The first-order chi connectivity index (χ1) is 21.7. The van der Waals surface area contributed by atoms with Crippen LogP contribution >= 0.6 is 15.9 Å². The van der Waals surface area contributed by atoms with E-state index in [-0.39, 0.29) is 6.71 Å². The van der Waals surface area contributed by atoms with Crippen LogP contribution in [0.15, 0.2) is 138 Å². The summed E-state index contributed by atoms with van der Waals surface area (Å²) in [5.41, 5.74) is 12.2. The second kappa shape index (κ2) is 12.8. The fourth-order valence-corrected chi connectivity index (χ4v) is 12.8. The van der Waals surface area contributed by atoms with Crippen LogP contribution in [0.2, 0.25) is 0 Å². The fraction of sp³-hybridized carbons (Fsp3) is 0.143. The minimum absolute atomic E-state index is 0.150. The third-order valence-corrected chi connectivity index (χ3v) is 14.7. The first-order valence-corrected chi connectivity index (χ1v) is 18.6. The summed E-state index contributed by atoms with van der Waals surface area (Å²) in [7, 11) is -2.62. The summed E-state index contributed by atoms with van der Waals surface area (Å²) in [6, 6.07) is 50.5. The molecule has 0 unspecified atom stereocenters. The van der Waals surface area contributed by atoms with Crippen molar-refractivity contribution in [3.8, 4) is 0 Å². The van der Waals surface area contributed by atoms with Gasteiger partial charge in [0.05, 0.1) is 0 Å². The number of hydrogen-bond acceptors (Lipinski definition) is 0. The standard InChI is InChI=1S/C42H40BBrSi/c1-29-25-31(3)41(32(4)26-29)43(42-33(5)27-30(2)28-34(42)6)35-17-21-39(22-18-35)45(37-13-9-7-10-14-37,38-15-11-8-12-16-38)40-23-19-36(44)20-24-40/h7-28H,1-6H3. The summed E-state index contributed by atoms with van der Waals surface area (Å²) in [6.45, 7) is 13.7. The van der Waals surface area contributed by atoms with E-state index in [0.717, 1.165) is 4.47 Å². The van der Waals surface area contributed by atoms with Crippen LogP contribution in [0.5, 0.6) is 0 Å². The first kappa shape index (κ1) is 31.1. The number of aryl methyl sites for hydroxylation is 6. The number of rotatable bonds is 7. The second-order valence-corrected chi connectivity index (χ2v) is 17.4. The predicted molar refractivity (Wildman–Crippen MR) is 204 cm³/mol. The molecule has 0 saturated heterocycles. The molecule has 6 rings (SSSR count). The molecule has 0 aliphatic carbocycles. The van der Waals surface area contributed by atoms with E-state index in [2.05, 4.69) is 191 Å². The van der Waals surface area contributed by atoms with Gasteiger partial charge in [-0.25, -0.2) is 0 Å². The lowest BCUT2D eigenvalue weighted by Crippen LogP contribution is -2.74. The minimum Gasteiger partial charge on any atom is -0.0686 e. The van der Waals surface area contributed by atoms with Crippen molar-refractivity contribution < 1.29 is 0 Å². The van der Waals surface area contributed by atoms with Gasteiger partial charge in [0.15, 0.2) is 8.07 Å². The second-order valence-electron chi connectivity index (χ2n) is 12.7. The summed E-state index contributed by atoms with van der Waals surface area (Å²) < 4.78 is 1.10. The zero-order chi connectivity index (χ0) is 31.7. The van der Waals surface area contributed by atoms with Crippen molar-refractivity contribution in [3.63, 3.8) is 0 Å². The van der Waals surface area contributed by atoms with Crippen molar-refractivity contribution in [2.45, 2.75) is 41.5 Å². The monoisotopic (exact) mass is 662 g/mol. The average molecular weight is 664 g/mol. The molecular formula is C42H40BBrSi. The molecule has 0 aromatic heterocycles. The molecule has 0 saturated carbocycles. The molecule has 0 atom stereocenters. The van der Waals surface area contributed by atoms with Gasteiger partial charge in [0.25, 0.3) is 0 Å². The van der Waals surface area contributed by atoms with Gasteiger partial charge in [0.2, 0.25) is 6.71 Å². The van der Waals surface area contributed by atoms with E-state index in [4.69, 9.17) is 0 Å². The molecule has 6 aromatic carbocycles. The molecule has 0 fully saturated rings. The molecule has 0 nitrogen and oxygen atoms in total. The van der Waals surface area contributed by atoms with Crippen LogP contribution in [0.3, 0.4) is 0 Å². The van der Waals surface area contributed by atoms with E-state index < -0.39 is 8.07 Å². The summed E-state index contributed by atoms with van der Waals surface area (Å²) in [4.78, 5) is 0. The molecule has 0 heterocycles. The fourth-order valence-electron chi connectivity index (χ4n) is 7.77. The van der Waals surface area contributed by atoms with Crippen molar-refractivity contribution in [3.05, 3.63) is 171 Å². The smallest absolute Gasteiger partial charge is 0.0686 e. The minimum atomic E-state index is -2.62. The van der Waals surface area contributed by atoms with Crippen molar-refractivity contribution in [2.24, 2.45) is 0 Å². The van der Waals surface area contributed by atoms with Crippen LogP contribution in [-0.2, 0) is 0 Å². The largest absolute Gasteiger partial charge is 0.242 e. The summed E-state index contributed by atoms with van der Waals surface area (Å²) in [5.74, 6) is 0. The molecule has 0 amide bonds. The Morgan fingerprint density at radius 1 is 0.422 bits per heavy atom. The van der Waals surface area contributed by atoms with E-state index in [1.165, 1.54) is 70.5 Å². The van der Waals surface area contributed by atoms with Gasteiger partial charge in [-0.05, 0) is 74.4 Å². The maximum absolute atomic E-state index is 3.70. The molecule has 45 heavy (non-hydrogen) atoms. The first-order valence-electron chi connectivity index (χ1n) is 15.8. The predicted octanol–water partition coefficient (Wildman–Crippen LogP) is 6.19. The normalized spacial score (nSPS) is 11.4. The summed E-state index contributed by atoms with van der Waals surface area (Å²) in [6.07, 6.45) is 0. The van der Waals surface area contributed by atoms with Gasteiger partial charge in [-0.3, -0.25) is 0 Å². The van der Waals surface area contributed by atoms with E-state index in [9.17, 15) is 0 Å². The van der Waals surface area contributed by atoms with E-state index in [0.29, 0.717) is 0 Å². The molecule has 6 aromatic rings. The van der Waals surface area contributed by atoms with Crippen LogP contribution in [0, 0.1) is 41.5 Å². The lowest BCUT2D eigenvalue weighted by Gasteiger charge is -2.35. The third-order valence-electron chi connectivity index (χ3n) is 9.42. The number of benzene rings is 6. The van der Waals surface area contributed by atoms with Crippen LogP contribution in [0.1, 0.15) is 33.4 Å². The molecule has 0 spiro atoms. The van der Waals surface area contributed by atoms with Crippen LogP contribution in [0.4, 0.5) is 0 Å². The molecule has 0 aliphatic rings. The molecule has 0 aliphatic heterocycles. The van der Waals surface area contributed by atoms with Gasteiger partial charge >= 0.3 is 0 Å². The van der Waals surface area contributed by atoms with E-state index >= 15 is 0 Å². The number of hydrogen-bond donors (Lipinski definition) is 0. The van der Waals surface area contributed by atoms with Gasteiger partial charge in [-0.1, -0.05) is 187 Å². The highest BCUT2D eigenvalue weighted by molar-refractivity contribution is 9.10. The van der Waals surface area contributed by atoms with Crippen molar-refractivity contribution >= 4 is 67.9 Å². The van der Waals surface area contributed by atoms with E-state index in [1.807, 2.05) is 0 Å². The molecule has 0 radical (unpaired) electrons. The van der Waals surface area contributed by atoms with Gasteiger partial charge in [-0.2, -0.15) is 0 Å². The Bertz CT molecular complexity index is 1800. The average Bonchev–Trinajstić information content (AvgIpc) is 3.02. The van der Waals surface area contributed by atoms with Crippen LogP contribution < -0.4 is 37.1 Å². The van der Waals surface area contributed by atoms with Gasteiger partial charge < -0.3 is 0 Å². The van der Waals surface area contributed by atoms with Crippen molar-refractivity contribution in [1.82, 2.24) is 0 Å². The van der Waals surface area contributed by atoms with Crippen molar-refractivity contribution in [1.29, 1.82) is 0 Å². The third kappa shape index (κ3) is 5.80. The van der Waals surface area contributed by atoms with Crippen LogP contribution in [0.25, 0.3) is 0 Å². The maximum atomic E-state index is 3.70. The quantitative estimate of drug-likeness (QED) is 0.141. The Morgan fingerprint density at radius 2 is 0.756 bits per heavy atom. The van der Waals surface area contributed by atoms with Crippen molar-refractivity contribution in [2.75, 3.05) is 0 Å². The van der Waals surface area contributed by atoms with Gasteiger partial charge in [0, 0.05) is 4.47 Å². The molecule has 222 valence electrons. The Morgan fingerprint density at radius 3 is 1.13 bits per heavy atom. The highest BCUT2D eigenvalue weighted by Gasteiger charge is 2.41. The van der Waals surface area contributed by atoms with Gasteiger partial charge in [0.1, 0.15) is 0 Å². The maximum Gasteiger partial charge on any atom is 0.242 e. The van der Waals surface area contributed by atoms with Gasteiger partial charge in [-0.15, -0.1) is 0 Å². The Balaban J connectivity index is 1.62. The highest BCUT2D eigenvalue weighted by atomic mass is 79.9. The number of halogens is 1. The Labute approximate surface area is 279 Å². The summed E-state index contributed by atoms with van der Waals surface area (Å²) >= 11 is 3.70. The lowest BCUT2D eigenvalue weighted by atomic mass is 9.34. The zero-order valence-corrected chi connectivity index (χ0v) is 29.7. The topological polar surface area (TPSA) is 0 Å². The Hall–Kier alpha value is -3.92. The molecule has 3 heteroatoms. The molecular weight excluding hydrogens is 623 g/mol.